The number of aromatic amines is 1. The van der Waals surface area contributed by atoms with Crippen LogP contribution in [-0.2, 0) is 0 Å². The summed E-state index contributed by atoms with van der Waals surface area (Å²) in [5.74, 6) is 0.540. The molecule has 3 N–H and O–H groups in total. The van der Waals surface area contributed by atoms with Gasteiger partial charge in [-0.25, -0.2) is 4.98 Å². The highest BCUT2D eigenvalue weighted by Crippen LogP contribution is 2.29. The van der Waals surface area contributed by atoms with Gasteiger partial charge in [-0.2, -0.15) is 0 Å². The van der Waals surface area contributed by atoms with Gasteiger partial charge in [0.05, 0.1) is 16.6 Å². The third kappa shape index (κ3) is 2.68. The van der Waals surface area contributed by atoms with E-state index in [9.17, 15) is 4.79 Å². The average Bonchev–Trinajstić information content (AvgIpc) is 2.79. The smallest absolute Gasteiger partial charge is 0.251 e. The van der Waals surface area contributed by atoms with Gasteiger partial charge in [0.25, 0.3) is 5.56 Å². The van der Waals surface area contributed by atoms with E-state index < -0.39 is 0 Å². The predicted molar refractivity (Wildman–Crippen MR) is 74.6 cm³/mol. The highest BCUT2D eigenvalue weighted by atomic mass is 32.1. The molecule has 0 spiro atoms. The Kier molecular flexibility index (Phi) is 3.36. The van der Waals surface area contributed by atoms with Crippen molar-refractivity contribution in [1.29, 1.82) is 0 Å². The molecular weight excluding hydrogens is 246 g/mol. The van der Waals surface area contributed by atoms with Gasteiger partial charge in [0.2, 0.25) is 0 Å². The largest absolute Gasteiger partial charge is 0.321 e. The fourth-order valence-electron chi connectivity index (χ4n) is 1.58. The number of hydrogen-bond acceptors (Lipinski definition) is 4. The highest BCUT2D eigenvalue weighted by Gasteiger charge is 2.24. The summed E-state index contributed by atoms with van der Waals surface area (Å²) in [7, 11) is 0. The van der Waals surface area contributed by atoms with Crippen LogP contribution in [0.25, 0.3) is 10.6 Å². The highest BCUT2D eigenvalue weighted by molar-refractivity contribution is 7.13. The topological polar surface area (TPSA) is 71.8 Å². The summed E-state index contributed by atoms with van der Waals surface area (Å²) in [6.07, 6.45) is 0. The SMILES string of the molecule is CC(C)(C)C(N)c1nc(-c2cccs2)cc(=O)[nH]1. The predicted octanol–water partition coefficient (Wildman–Crippen LogP) is 2.54. The van der Waals surface area contributed by atoms with Crippen LogP contribution in [0.4, 0.5) is 0 Å². The summed E-state index contributed by atoms with van der Waals surface area (Å²) in [6, 6.07) is 5.08. The van der Waals surface area contributed by atoms with Gasteiger partial charge in [-0.1, -0.05) is 26.8 Å². The first-order valence-electron chi connectivity index (χ1n) is 5.78. The molecule has 0 aliphatic carbocycles. The van der Waals surface area contributed by atoms with Crippen LogP contribution in [0.1, 0.15) is 32.6 Å². The number of nitrogens with zero attached hydrogens (tertiary/aromatic N) is 1. The van der Waals surface area contributed by atoms with Crippen LogP contribution in [0.2, 0.25) is 0 Å². The Bertz CT molecular complexity index is 581. The third-order valence-corrected chi connectivity index (χ3v) is 3.65. The Morgan fingerprint density at radius 1 is 1.44 bits per heavy atom. The number of thiophene rings is 1. The zero-order valence-electron chi connectivity index (χ0n) is 10.7. The van der Waals surface area contributed by atoms with E-state index in [0.717, 1.165) is 4.88 Å². The fraction of sp³-hybridized carbons (Fsp3) is 0.385. The molecule has 1 atom stereocenters. The van der Waals surface area contributed by atoms with Crippen molar-refractivity contribution < 1.29 is 0 Å². The van der Waals surface area contributed by atoms with Gasteiger partial charge < -0.3 is 10.7 Å². The second-order valence-corrected chi connectivity index (χ2v) is 6.28. The monoisotopic (exact) mass is 263 g/mol. The third-order valence-electron chi connectivity index (χ3n) is 2.76. The van der Waals surface area contributed by atoms with Crippen LogP contribution in [0.15, 0.2) is 28.4 Å². The van der Waals surface area contributed by atoms with E-state index in [-0.39, 0.29) is 17.0 Å². The molecule has 2 heterocycles. The zero-order chi connectivity index (χ0) is 13.3. The number of rotatable bonds is 2. The molecule has 2 aromatic heterocycles. The van der Waals surface area contributed by atoms with Crippen LogP contribution >= 0.6 is 11.3 Å². The van der Waals surface area contributed by atoms with Crippen molar-refractivity contribution in [2.45, 2.75) is 26.8 Å². The lowest BCUT2D eigenvalue weighted by Crippen LogP contribution is -2.30. The Morgan fingerprint density at radius 3 is 2.72 bits per heavy atom. The molecule has 0 fully saturated rings. The Hall–Kier alpha value is -1.46. The molecule has 0 bridgehead atoms. The van der Waals surface area contributed by atoms with Crippen LogP contribution in [0.3, 0.4) is 0 Å². The van der Waals surface area contributed by atoms with Gasteiger partial charge in [0.15, 0.2) is 0 Å². The van der Waals surface area contributed by atoms with E-state index in [2.05, 4.69) is 9.97 Å². The first-order chi connectivity index (χ1) is 8.38. The molecule has 0 saturated heterocycles. The maximum Gasteiger partial charge on any atom is 0.251 e. The van der Waals surface area contributed by atoms with Crippen molar-refractivity contribution >= 4 is 11.3 Å². The molecule has 1 unspecified atom stereocenters. The van der Waals surface area contributed by atoms with E-state index in [1.165, 1.54) is 6.07 Å². The minimum Gasteiger partial charge on any atom is -0.321 e. The van der Waals surface area contributed by atoms with Gasteiger partial charge in [-0.3, -0.25) is 4.79 Å². The van der Waals surface area contributed by atoms with Gasteiger partial charge in [0.1, 0.15) is 5.82 Å². The molecule has 5 heteroatoms. The minimum absolute atomic E-state index is 0.149. The quantitative estimate of drug-likeness (QED) is 0.874. The van der Waals surface area contributed by atoms with Gasteiger partial charge in [0, 0.05) is 6.07 Å². The van der Waals surface area contributed by atoms with Gasteiger partial charge in [-0.05, 0) is 16.9 Å². The standard InChI is InChI=1S/C13H17N3OS/c1-13(2,3)11(14)12-15-8(7-10(17)16-12)9-5-4-6-18-9/h4-7,11H,14H2,1-3H3,(H,15,16,17). The molecule has 2 rings (SSSR count). The fourth-order valence-corrected chi connectivity index (χ4v) is 2.27. The first-order valence-corrected chi connectivity index (χ1v) is 6.66. The van der Waals surface area contributed by atoms with Crippen molar-refractivity contribution in [2.24, 2.45) is 11.1 Å². The molecule has 0 amide bonds. The van der Waals surface area contributed by atoms with Crippen molar-refractivity contribution in [1.82, 2.24) is 9.97 Å². The van der Waals surface area contributed by atoms with Gasteiger partial charge in [-0.15, -0.1) is 11.3 Å². The maximum absolute atomic E-state index is 11.7. The second kappa shape index (κ2) is 4.66. The molecule has 18 heavy (non-hydrogen) atoms. The normalized spacial score (nSPS) is 13.6. The van der Waals surface area contributed by atoms with E-state index in [0.29, 0.717) is 11.5 Å². The molecular formula is C13H17N3OS. The average molecular weight is 263 g/mol. The number of aromatic nitrogens is 2. The van der Waals surface area contributed by atoms with E-state index in [4.69, 9.17) is 5.73 Å². The second-order valence-electron chi connectivity index (χ2n) is 5.34. The summed E-state index contributed by atoms with van der Waals surface area (Å²) in [5.41, 5.74) is 6.51. The Labute approximate surface area is 110 Å². The van der Waals surface area contributed by atoms with Gasteiger partial charge >= 0.3 is 0 Å². The number of nitrogens with one attached hydrogen (secondary N) is 1. The lowest BCUT2D eigenvalue weighted by atomic mass is 9.87. The van der Waals surface area contributed by atoms with Crippen molar-refractivity contribution in [3.8, 4) is 10.6 Å². The van der Waals surface area contributed by atoms with Crippen LogP contribution in [0, 0.1) is 5.41 Å². The van der Waals surface area contributed by atoms with E-state index >= 15 is 0 Å². The van der Waals surface area contributed by atoms with Crippen molar-refractivity contribution in [3.63, 3.8) is 0 Å². The molecule has 4 nitrogen and oxygen atoms in total. The minimum atomic E-state index is -0.301. The lowest BCUT2D eigenvalue weighted by molar-refractivity contribution is 0.315. The summed E-state index contributed by atoms with van der Waals surface area (Å²) in [4.78, 5) is 19.9. The summed E-state index contributed by atoms with van der Waals surface area (Å²) >= 11 is 1.56. The molecule has 2 aromatic rings. The van der Waals surface area contributed by atoms with Crippen LogP contribution in [-0.4, -0.2) is 9.97 Å². The summed E-state index contributed by atoms with van der Waals surface area (Å²) < 4.78 is 0. The zero-order valence-corrected chi connectivity index (χ0v) is 11.5. The van der Waals surface area contributed by atoms with Crippen LogP contribution < -0.4 is 11.3 Å². The number of nitrogens with two attached hydrogens (primary N) is 1. The molecule has 96 valence electrons. The first kappa shape index (κ1) is 13.0. The Morgan fingerprint density at radius 2 is 2.17 bits per heavy atom. The molecule has 0 saturated carbocycles. The maximum atomic E-state index is 11.7. The lowest BCUT2D eigenvalue weighted by Gasteiger charge is -2.26. The molecule has 0 radical (unpaired) electrons. The molecule has 0 aromatic carbocycles. The van der Waals surface area contributed by atoms with E-state index in [1.807, 2.05) is 38.3 Å². The number of hydrogen-bond donors (Lipinski definition) is 2. The molecule has 0 aliphatic rings. The van der Waals surface area contributed by atoms with E-state index in [1.54, 1.807) is 11.3 Å². The van der Waals surface area contributed by atoms with Crippen LogP contribution in [0.5, 0.6) is 0 Å². The summed E-state index contributed by atoms with van der Waals surface area (Å²) in [5, 5.41) is 1.96. The van der Waals surface area contributed by atoms with Crippen molar-refractivity contribution in [2.75, 3.05) is 0 Å². The molecule has 0 aliphatic heterocycles. The summed E-state index contributed by atoms with van der Waals surface area (Å²) in [6.45, 7) is 6.07. The van der Waals surface area contributed by atoms with Crippen molar-refractivity contribution in [3.05, 3.63) is 39.8 Å². The Balaban J connectivity index is 2.48. The number of H-pyrrole nitrogens is 1.